The molecule has 2 N–H and O–H groups in total. The second kappa shape index (κ2) is 6.91. The molecule has 1 fully saturated rings. The molecular weight excluding hydrogens is 262 g/mol. The lowest BCUT2D eigenvalue weighted by molar-refractivity contribution is 0.122. The molecule has 1 unspecified atom stereocenters. The lowest BCUT2D eigenvalue weighted by atomic mass is 10.2. The number of hydrogen-bond donors (Lipinski definition) is 1. The van der Waals surface area contributed by atoms with E-state index in [9.17, 15) is 0 Å². The van der Waals surface area contributed by atoms with E-state index in [1.807, 2.05) is 0 Å². The number of hydrogen-bond acceptors (Lipinski definition) is 7. The van der Waals surface area contributed by atoms with Gasteiger partial charge in [0.25, 0.3) is 0 Å². The van der Waals surface area contributed by atoms with E-state index in [0.717, 1.165) is 25.3 Å². The van der Waals surface area contributed by atoms with Crippen molar-refractivity contribution in [3.63, 3.8) is 0 Å². The highest BCUT2D eigenvalue weighted by Crippen LogP contribution is 2.21. The fourth-order valence-corrected chi connectivity index (χ4v) is 2.64. The van der Waals surface area contributed by atoms with Gasteiger partial charge in [-0.2, -0.15) is 15.0 Å². The zero-order valence-electron chi connectivity index (χ0n) is 11.5. The van der Waals surface area contributed by atoms with Crippen molar-refractivity contribution in [1.82, 2.24) is 15.0 Å². The van der Waals surface area contributed by atoms with E-state index in [1.54, 1.807) is 11.8 Å². The molecular formula is C12H21N5OS. The minimum Gasteiger partial charge on any atom is -0.378 e. The summed E-state index contributed by atoms with van der Waals surface area (Å²) in [7, 11) is 0. The number of rotatable bonds is 5. The molecule has 1 aromatic rings. The van der Waals surface area contributed by atoms with E-state index in [4.69, 9.17) is 10.5 Å². The fraction of sp³-hybridized carbons (Fsp3) is 0.750. The first-order valence-corrected chi connectivity index (χ1v) is 7.64. The summed E-state index contributed by atoms with van der Waals surface area (Å²) in [5.74, 6) is 2.61. The Morgan fingerprint density at radius 2 is 2.05 bits per heavy atom. The zero-order valence-corrected chi connectivity index (χ0v) is 12.3. The largest absolute Gasteiger partial charge is 0.378 e. The smallest absolute Gasteiger partial charge is 0.231 e. The van der Waals surface area contributed by atoms with Crippen molar-refractivity contribution in [1.29, 1.82) is 0 Å². The average Bonchev–Trinajstić information content (AvgIpc) is 2.45. The molecule has 106 valence electrons. The second-order valence-electron chi connectivity index (χ2n) is 4.70. The molecule has 2 rings (SSSR count). The predicted molar refractivity (Wildman–Crippen MR) is 77.5 cm³/mol. The quantitative estimate of drug-likeness (QED) is 0.819. The fourth-order valence-electron chi connectivity index (χ4n) is 1.66. The molecule has 1 aliphatic heterocycles. The SMILES string of the molecule is CCC(C)CSc1nc(N)nc(N2CCOCC2)n1. The highest BCUT2D eigenvalue weighted by molar-refractivity contribution is 7.99. The molecule has 0 spiro atoms. The first kappa shape index (κ1) is 14.3. The summed E-state index contributed by atoms with van der Waals surface area (Å²) in [6.07, 6.45) is 1.16. The Morgan fingerprint density at radius 3 is 2.74 bits per heavy atom. The third kappa shape index (κ3) is 4.21. The van der Waals surface area contributed by atoms with Crippen molar-refractivity contribution in [2.75, 3.05) is 42.7 Å². The van der Waals surface area contributed by atoms with Crippen molar-refractivity contribution in [2.45, 2.75) is 25.4 Å². The number of anilines is 2. The van der Waals surface area contributed by atoms with Crippen molar-refractivity contribution in [3.8, 4) is 0 Å². The van der Waals surface area contributed by atoms with Crippen LogP contribution in [0.15, 0.2) is 5.16 Å². The van der Waals surface area contributed by atoms with E-state index in [1.165, 1.54) is 0 Å². The van der Waals surface area contributed by atoms with Crippen LogP contribution < -0.4 is 10.6 Å². The summed E-state index contributed by atoms with van der Waals surface area (Å²) in [5, 5.41) is 0.717. The number of aromatic nitrogens is 3. The number of ether oxygens (including phenoxy) is 1. The summed E-state index contributed by atoms with van der Waals surface area (Å²) in [4.78, 5) is 15.0. The monoisotopic (exact) mass is 283 g/mol. The number of nitrogen functional groups attached to an aromatic ring is 1. The van der Waals surface area contributed by atoms with Gasteiger partial charge >= 0.3 is 0 Å². The summed E-state index contributed by atoms with van der Waals surface area (Å²) in [5.41, 5.74) is 5.77. The van der Waals surface area contributed by atoms with Gasteiger partial charge in [0, 0.05) is 18.8 Å². The van der Waals surface area contributed by atoms with Crippen LogP contribution in [0.1, 0.15) is 20.3 Å². The standard InChI is InChI=1S/C12H21N5OS/c1-3-9(2)8-19-12-15-10(13)14-11(16-12)17-4-6-18-7-5-17/h9H,3-8H2,1-2H3,(H2,13,14,15,16). The molecule has 19 heavy (non-hydrogen) atoms. The lowest BCUT2D eigenvalue weighted by Gasteiger charge is -2.26. The zero-order chi connectivity index (χ0) is 13.7. The van der Waals surface area contributed by atoms with Gasteiger partial charge in [-0.05, 0) is 5.92 Å². The molecule has 0 saturated carbocycles. The van der Waals surface area contributed by atoms with Crippen molar-refractivity contribution in [2.24, 2.45) is 5.92 Å². The Hall–Kier alpha value is -1.08. The van der Waals surface area contributed by atoms with Gasteiger partial charge in [-0.15, -0.1) is 0 Å². The second-order valence-corrected chi connectivity index (χ2v) is 5.69. The summed E-state index contributed by atoms with van der Waals surface area (Å²) in [6, 6.07) is 0. The average molecular weight is 283 g/mol. The molecule has 0 radical (unpaired) electrons. The van der Waals surface area contributed by atoms with Crippen LogP contribution in [0.25, 0.3) is 0 Å². The Bertz CT molecular complexity index is 411. The molecule has 1 aliphatic rings. The normalized spacial score (nSPS) is 17.5. The number of morpholine rings is 1. The minimum absolute atomic E-state index is 0.295. The van der Waals surface area contributed by atoms with E-state index >= 15 is 0 Å². The lowest BCUT2D eigenvalue weighted by Crippen LogP contribution is -2.37. The first-order valence-electron chi connectivity index (χ1n) is 6.66. The van der Waals surface area contributed by atoms with Gasteiger partial charge in [0.15, 0.2) is 5.16 Å². The molecule has 1 saturated heterocycles. The summed E-state index contributed by atoms with van der Waals surface area (Å²) >= 11 is 1.65. The van der Waals surface area contributed by atoms with Crippen molar-refractivity contribution in [3.05, 3.63) is 0 Å². The van der Waals surface area contributed by atoms with E-state index in [0.29, 0.717) is 36.2 Å². The number of nitrogens with two attached hydrogens (primary N) is 1. The molecule has 0 aliphatic carbocycles. The highest BCUT2D eigenvalue weighted by atomic mass is 32.2. The molecule has 0 aromatic carbocycles. The van der Waals surface area contributed by atoms with Gasteiger partial charge in [-0.25, -0.2) is 0 Å². The van der Waals surface area contributed by atoms with Crippen LogP contribution in [0, 0.1) is 5.92 Å². The molecule has 0 amide bonds. The van der Waals surface area contributed by atoms with Crippen molar-refractivity contribution >= 4 is 23.7 Å². The Kier molecular flexibility index (Phi) is 5.21. The Labute approximate surface area is 118 Å². The highest BCUT2D eigenvalue weighted by Gasteiger charge is 2.16. The Morgan fingerprint density at radius 1 is 1.32 bits per heavy atom. The van der Waals surface area contributed by atoms with Gasteiger partial charge in [0.1, 0.15) is 0 Å². The topological polar surface area (TPSA) is 77.2 Å². The van der Waals surface area contributed by atoms with E-state index in [-0.39, 0.29) is 0 Å². The van der Waals surface area contributed by atoms with Crippen LogP contribution in [0.3, 0.4) is 0 Å². The molecule has 6 nitrogen and oxygen atoms in total. The van der Waals surface area contributed by atoms with E-state index < -0.39 is 0 Å². The van der Waals surface area contributed by atoms with Gasteiger partial charge in [0.2, 0.25) is 11.9 Å². The maximum atomic E-state index is 5.77. The third-order valence-corrected chi connectivity index (χ3v) is 4.28. The van der Waals surface area contributed by atoms with E-state index in [2.05, 4.69) is 33.7 Å². The maximum absolute atomic E-state index is 5.77. The van der Waals surface area contributed by atoms with Crippen molar-refractivity contribution < 1.29 is 4.74 Å². The molecule has 1 aromatic heterocycles. The first-order chi connectivity index (χ1) is 9.19. The van der Waals surface area contributed by atoms with Crippen LogP contribution in [-0.4, -0.2) is 47.0 Å². The van der Waals surface area contributed by atoms with Gasteiger partial charge < -0.3 is 15.4 Å². The van der Waals surface area contributed by atoms with Gasteiger partial charge in [0.05, 0.1) is 13.2 Å². The van der Waals surface area contributed by atoms with Crippen LogP contribution in [0.2, 0.25) is 0 Å². The maximum Gasteiger partial charge on any atom is 0.231 e. The van der Waals surface area contributed by atoms with Gasteiger partial charge in [-0.1, -0.05) is 32.0 Å². The number of nitrogens with zero attached hydrogens (tertiary/aromatic N) is 4. The van der Waals surface area contributed by atoms with Crippen LogP contribution in [0.5, 0.6) is 0 Å². The third-order valence-electron chi connectivity index (χ3n) is 3.11. The molecule has 0 bridgehead atoms. The summed E-state index contributed by atoms with van der Waals surface area (Å²) < 4.78 is 5.33. The minimum atomic E-state index is 0.295. The van der Waals surface area contributed by atoms with Gasteiger partial charge in [-0.3, -0.25) is 0 Å². The molecule has 7 heteroatoms. The summed E-state index contributed by atoms with van der Waals surface area (Å²) in [6.45, 7) is 7.44. The Balaban J connectivity index is 2.05. The number of thioether (sulfide) groups is 1. The molecule has 2 heterocycles. The predicted octanol–water partition coefficient (Wildman–Crippen LogP) is 1.43. The molecule has 1 atom stereocenters. The van der Waals surface area contributed by atoms with Crippen LogP contribution in [0.4, 0.5) is 11.9 Å². The van der Waals surface area contributed by atoms with Crippen LogP contribution >= 0.6 is 11.8 Å². The van der Waals surface area contributed by atoms with Crippen LogP contribution in [-0.2, 0) is 4.74 Å².